The van der Waals surface area contributed by atoms with Crippen molar-refractivity contribution < 1.29 is 4.74 Å². The van der Waals surface area contributed by atoms with Gasteiger partial charge in [0.15, 0.2) is 0 Å². The van der Waals surface area contributed by atoms with E-state index < -0.39 is 0 Å². The number of ether oxygens (including phenoxy) is 1. The van der Waals surface area contributed by atoms with Gasteiger partial charge in [-0.25, -0.2) is 0 Å². The van der Waals surface area contributed by atoms with E-state index in [1.165, 1.54) is 56.1 Å². The van der Waals surface area contributed by atoms with Crippen LogP contribution in [0.25, 0.3) is 0 Å². The number of fused-ring (bicyclic) bond motifs is 1. The lowest BCUT2D eigenvalue weighted by atomic mass is 9.83. The molecule has 0 spiro atoms. The van der Waals surface area contributed by atoms with E-state index in [2.05, 4.69) is 18.2 Å². The van der Waals surface area contributed by atoms with E-state index >= 15 is 0 Å². The molecule has 1 heterocycles. The minimum absolute atomic E-state index is 0.760. The number of benzene rings is 1. The molecule has 0 amide bonds. The maximum absolute atomic E-state index is 5.99. The summed E-state index contributed by atoms with van der Waals surface area (Å²) in [5.41, 5.74) is 8.87. The van der Waals surface area contributed by atoms with Crippen LogP contribution in [0.5, 0.6) is 5.75 Å². The van der Waals surface area contributed by atoms with Crippen LogP contribution < -0.4 is 10.5 Å². The van der Waals surface area contributed by atoms with Crippen LogP contribution in [-0.4, -0.2) is 13.2 Å². The van der Waals surface area contributed by atoms with Gasteiger partial charge in [0, 0.05) is 6.42 Å². The van der Waals surface area contributed by atoms with Crippen LogP contribution in [0.2, 0.25) is 0 Å². The molecule has 0 aromatic heterocycles. The minimum atomic E-state index is 0.760. The van der Waals surface area contributed by atoms with Crippen LogP contribution in [0.3, 0.4) is 0 Å². The van der Waals surface area contributed by atoms with Crippen LogP contribution in [0.1, 0.15) is 49.7 Å². The monoisotopic (exact) mass is 273 g/mol. The molecule has 1 aliphatic heterocycles. The van der Waals surface area contributed by atoms with Gasteiger partial charge in [0.05, 0.1) is 6.61 Å². The van der Waals surface area contributed by atoms with Gasteiger partial charge < -0.3 is 10.5 Å². The van der Waals surface area contributed by atoms with Crippen molar-refractivity contribution in [2.24, 2.45) is 17.6 Å². The van der Waals surface area contributed by atoms with E-state index in [0.717, 1.165) is 37.2 Å². The van der Waals surface area contributed by atoms with E-state index in [1.54, 1.807) is 0 Å². The fourth-order valence-electron chi connectivity index (χ4n) is 3.90. The highest BCUT2D eigenvalue weighted by Gasteiger charge is 2.22. The molecule has 3 rings (SSSR count). The van der Waals surface area contributed by atoms with Gasteiger partial charge in [0.2, 0.25) is 0 Å². The lowest BCUT2D eigenvalue weighted by Gasteiger charge is -2.23. The van der Waals surface area contributed by atoms with Gasteiger partial charge in [-0.1, -0.05) is 37.8 Å². The SMILES string of the molecule is NCC1CCCCCC1CCc1ccc2c(c1)CCO2. The Morgan fingerprint density at radius 1 is 1.10 bits per heavy atom. The second-order valence-electron chi connectivity index (χ2n) is 6.47. The smallest absolute Gasteiger partial charge is 0.122 e. The second-order valence-corrected chi connectivity index (χ2v) is 6.47. The minimum Gasteiger partial charge on any atom is -0.493 e. The van der Waals surface area contributed by atoms with Gasteiger partial charge in [-0.3, -0.25) is 0 Å². The fourth-order valence-corrected chi connectivity index (χ4v) is 3.90. The molecule has 0 saturated heterocycles. The van der Waals surface area contributed by atoms with Gasteiger partial charge in [-0.2, -0.15) is 0 Å². The molecule has 1 fully saturated rings. The summed E-state index contributed by atoms with van der Waals surface area (Å²) in [6.45, 7) is 1.74. The summed E-state index contributed by atoms with van der Waals surface area (Å²) in [6, 6.07) is 6.76. The largest absolute Gasteiger partial charge is 0.493 e. The van der Waals surface area contributed by atoms with Gasteiger partial charge in [0.25, 0.3) is 0 Å². The van der Waals surface area contributed by atoms with Gasteiger partial charge >= 0.3 is 0 Å². The van der Waals surface area contributed by atoms with Crippen LogP contribution in [0, 0.1) is 11.8 Å². The zero-order valence-corrected chi connectivity index (χ0v) is 12.4. The van der Waals surface area contributed by atoms with Crippen LogP contribution >= 0.6 is 0 Å². The summed E-state index contributed by atoms with van der Waals surface area (Å²) >= 11 is 0. The Kier molecular flexibility index (Phi) is 4.62. The Labute approximate surface area is 122 Å². The van der Waals surface area contributed by atoms with Crippen LogP contribution in [0.15, 0.2) is 18.2 Å². The first-order valence-electron chi connectivity index (χ1n) is 8.31. The lowest BCUT2D eigenvalue weighted by molar-refractivity contribution is 0.301. The highest BCUT2D eigenvalue weighted by Crippen LogP contribution is 2.32. The third-order valence-electron chi connectivity index (χ3n) is 5.18. The predicted molar refractivity (Wildman–Crippen MR) is 83.1 cm³/mol. The number of rotatable bonds is 4. The summed E-state index contributed by atoms with van der Waals surface area (Å²) < 4.78 is 5.58. The number of nitrogens with two attached hydrogens (primary N) is 1. The van der Waals surface area contributed by atoms with Crippen molar-refractivity contribution in [3.8, 4) is 5.75 Å². The van der Waals surface area contributed by atoms with Crippen LogP contribution in [-0.2, 0) is 12.8 Å². The molecule has 2 heteroatoms. The summed E-state index contributed by atoms with van der Waals surface area (Å²) in [4.78, 5) is 0. The number of aryl methyl sites for hydroxylation is 1. The molecular formula is C18H27NO. The van der Waals surface area contributed by atoms with E-state index in [0.29, 0.717) is 0 Å². The summed E-state index contributed by atoms with van der Waals surface area (Å²) in [5, 5.41) is 0. The first-order valence-corrected chi connectivity index (χ1v) is 8.31. The maximum Gasteiger partial charge on any atom is 0.122 e. The van der Waals surface area contributed by atoms with E-state index in [4.69, 9.17) is 10.5 Å². The summed E-state index contributed by atoms with van der Waals surface area (Å²) in [6.07, 6.45) is 10.5. The fraction of sp³-hybridized carbons (Fsp3) is 0.667. The average Bonchev–Trinajstić information content (AvgIpc) is 2.82. The van der Waals surface area contributed by atoms with E-state index in [1.807, 2.05) is 0 Å². The molecule has 2 atom stereocenters. The Morgan fingerprint density at radius 2 is 1.95 bits per heavy atom. The van der Waals surface area contributed by atoms with E-state index in [9.17, 15) is 0 Å². The maximum atomic E-state index is 5.99. The number of hydrogen-bond donors (Lipinski definition) is 1. The van der Waals surface area contributed by atoms with Crippen molar-refractivity contribution in [3.63, 3.8) is 0 Å². The van der Waals surface area contributed by atoms with E-state index in [-0.39, 0.29) is 0 Å². The summed E-state index contributed by atoms with van der Waals surface area (Å²) in [5.74, 6) is 2.70. The van der Waals surface area contributed by atoms with Gasteiger partial charge in [0.1, 0.15) is 5.75 Å². The van der Waals surface area contributed by atoms with Crippen LogP contribution in [0.4, 0.5) is 0 Å². The van der Waals surface area contributed by atoms with Crippen molar-refractivity contribution in [1.29, 1.82) is 0 Å². The third-order valence-corrected chi connectivity index (χ3v) is 5.18. The molecule has 0 bridgehead atoms. The molecule has 20 heavy (non-hydrogen) atoms. The predicted octanol–water partition coefficient (Wildman–Crippen LogP) is 3.71. The van der Waals surface area contributed by atoms with Crippen molar-refractivity contribution in [2.75, 3.05) is 13.2 Å². The average molecular weight is 273 g/mol. The molecule has 2 aliphatic rings. The molecule has 1 aromatic carbocycles. The molecule has 1 saturated carbocycles. The zero-order valence-electron chi connectivity index (χ0n) is 12.4. The lowest BCUT2D eigenvalue weighted by Crippen LogP contribution is -2.23. The summed E-state index contributed by atoms with van der Waals surface area (Å²) in [7, 11) is 0. The Hall–Kier alpha value is -1.02. The van der Waals surface area contributed by atoms with Gasteiger partial charge in [-0.15, -0.1) is 0 Å². The Balaban J connectivity index is 1.60. The quantitative estimate of drug-likeness (QED) is 0.849. The molecule has 1 aliphatic carbocycles. The first kappa shape index (κ1) is 13.9. The molecule has 1 aromatic rings. The zero-order chi connectivity index (χ0) is 13.8. The molecule has 2 nitrogen and oxygen atoms in total. The topological polar surface area (TPSA) is 35.2 Å². The van der Waals surface area contributed by atoms with Crippen molar-refractivity contribution >= 4 is 0 Å². The van der Waals surface area contributed by atoms with Crippen molar-refractivity contribution in [2.45, 2.75) is 51.4 Å². The highest BCUT2D eigenvalue weighted by molar-refractivity contribution is 5.39. The Morgan fingerprint density at radius 3 is 2.80 bits per heavy atom. The standard InChI is InChI=1S/C18H27NO/c19-13-17-5-3-1-2-4-15(17)8-6-14-7-9-18-16(12-14)10-11-20-18/h7,9,12,15,17H,1-6,8,10-11,13,19H2. The first-order chi connectivity index (χ1) is 9.86. The molecular weight excluding hydrogens is 246 g/mol. The van der Waals surface area contributed by atoms with Crippen molar-refractivity contribution in [3.05, 3.63) is 29.3 Å². The highest BCUT2D eigenvalue weighted by atomic mass is 16.5. The molecule has 2 N–H and O–H groups in total. The third kappa shape index (κ3) is 3.17. The Bertz CT molecular complexity index is 443. The normalized spacial score (nSPS) is 25.9. The van der Waals surface area contributed by atoms with Gasteiger partial charge in [-0.05, 0) is 54.8 Å². The number of hydrogen-bond acceptors (Lipinski definition) is 2. The van der Waals surface area contributed by atoms with Crippen molar-refractivity contribution in [1.82, 2.24) is 0 Å². The molecule has 110 valence electrons. The molecule has 0 radical (unpaired) electrons. The molecule has 2 unspecified atom stereocenters. The second kappa shape index (κ2) is 6.62.